The number of aliphatic hydroxyl groups excluding tert-OH is 1. The number of hydrogen-bond donors (Lipinski definition) is 2. The third-order valence-corrected chi connectivity index (χ3v) is 5.01. The second-order valence-electron chi connectivity index (χ2n) is 6.26. The van der Waals surface area contributed by atoms with Crippen LogP contribution >= 0.6 is 0 Å². The highest BCUT2D eigenvalue weighted by Crippen LogP contribution is 2.46. The first-order valence-electron chi connectivity index (χ1n) is 7.06. The maximum atomic E-state index is 10.7. The molecular weight excluding hydrogens is 198 g/mol. The lowest BCUT2D eigenvalue weighted by Gasteiger charge is -2.45. The fraction of sp³-hybridized carbons (Fsp3) is 1.00. The summed E-state index contributed by atoms with van der Waals surface area (Å²) in [4.78, 5) is 0. The molecule has 0 bridgehead atoms. The predicted octanol–water partition coefficient (Wildman–Crippen LogP) is 2.69. The summed E-state index contributed by atoms with van der Waals surface area (Å²) >= 11 is 0. The molecule has 2 rings (SSSR count). The number of nitrogens with two attached hydrogens (primary N) is 1. The van der Waals surface area contributed by atoms with E-state index in [-0.39, 0.29) is 11.5 Å². The van der Waals surface area contributed by atoms with Crippen molar-refractivity contribution in [2.24, 2.45) is 23.0 Å². The lowest BCUT2D eigenvalue weighted by atomic mass is 9.64. The first-order chi connectivity index (χ1) is 7.68. The minimum Gasteiger partial charge on any atom is -0.392 e. The highest BCUT2D eigenvalue weighted by Gasteiger charge is 2.43. The normalized spacial score (nSPS) is 38.8. The summed E-state index contributed by atoms with van der Waals surface area (Å²) in [5.41, 5.74) is 6.06. The third-order valence-electron chi connectivity index (χ3n) is 5.01. The van der Waals surface area contributed by atoms with Crippen LogP contribution in [0.4, 0.5) is 0 Å². The molecule has 16 heavy (non-hydrogen) atoms. The van der Waals surface area contributed by atoms with E-state index in [4.69, 9.17) is 5.73 Å². The van der Waals surface area contributed by atoms with Crippen LogP contribution in [-0.4, -0.2) is 17.8 Å². The Morgan fingerprint density at radius 2 is 1.94 bits per heavy atom. The van der Waals surface area contributed by atoms with Gasteiger partial charge in [-0.05, 0) is 37.5 Å². The molecule has 0 heterocycles. The van der Waals surface area contributed by atoms with E-state index < -0.39 is 0 Å². The molecule has 0 aromatic carbocycles. The van der Waals surface area contributed by atoms with E-state index in [9.17, 15) is 5.11 Å². The average Bonchev–Trinajstić information content (AvgIpc) is 2.81. The Morgan fingerprint density at radius 3 is 2.50 bits per heavy atom. The lowest BCUT2D eigenvalue weighted by Crippen LogP contribution is -2.47. The van der Waals surface area contributed by atoms with Crippen molar-refractivity contribution in [2.75, 3.05) is 6.54 Å². The van der Waals surface area contributed by atoms with Crippen LogP contribution in [0.15, 0.2) is 0 Å². The molecule has 0 aromatic rings. The number of aliphatic hydroxyl groups is 1. The molecular formula is C14H27NO. The van der Waals surface area contributed by atoms with E-state index in [1.54, 1.807) is 0 Å². The van der Waals surface area contributed by atoms with E-state index in [0.717, 1.165) is 18.8 Å². The molecule has 2 aliphatic rings. The second kappa shape index (κ2) is 5.05. The summed E-state index contributed by atoms with van der Waals surface area (Å²) in [6, 6.07) is 0. The molecule has 2 fully saturated rings. The SMILES string of the molecule is CC1CCCC(CN)(C(O)C2CCCC2)C1. The molecule has 2 aliphatic carbocycles. The van der Waals surface area contributed by atoms with Gasteiger partial charge in [-0.25, -0.2) is 0 Å². The van der Waals surface area contributed by atoms with Crippen molar-refractivity contribution < 1.29 is 5.11 Å². The topological polar surface area (TPSA) is 46.2 Å². The van der Waals surface area contributed by atoms with Gasteiger partial charge >= 0.3 is 0 Å². The first-order valence-corrected chi connectivity index (χ1v) is 7.06. The summed E-state index contributed by atoms with van der Waals surface area (Å²) in [5, 5.41) is 10.7. The second-order valence-corrected chi connectivity index (χ2v) is 6.26. The quantitative estimate of drug-likeness (QED) is 0.775. The molecule has 2 nitrogen and oxygen atoms in total. The standard InChI is InChI=1S/C14H27NO/c1-11-5-4-8-14(9-11,10-15)13(16)12-6-2-3-7-12/h11-13,16H,2-10,15H2,1H3. The Morgan fingerprint density at radius 1 is 1.25 bits per heavy atom. The average molecular weight is 225 g/mol. The summed E-state index contributed by atoms with van der Waals surface area (Å²) < 4.78 is 0. The van der Waals surface area contributed by atoms with Crippen LogP contribution in [0.2, 0.25) is 0 Å². The summed E-state index contributed by atoms with van der Waals surface area (Å²) in [6.45, 7) is 2.99. The van der Waals surface area contributed by atoms with Crippen molar-refractivity contribution in [3.63, 3.8) is 0 Å². The van der Waals surface area contributed by atoms with Gasteiger partial charge in [0.05, 0.1) is 6.10 Å². The molecule has 0 aromatic heterocycles. The molecule has 0 amide bonds. The molecule has 94 valence electrons. The van der Waals surface area contributed by atoms with Crippen molar-refractivity contribution in [1.29, 1.82) is 0 Å². The van der Waals surface area contributed by atoms with Gasteiger partial charge in [0.1, 0.15) is 0 Å². The van der Waals surface area contributed by atoms with Crippen molar-refractivity contribution in [2.45, 2.75) is 64.4 Å². The van der Waals surface area contributed by atoms with Gasteiger partial charge in [-0.1, -0.05) is 32.6 Å². The van der Waals surface area contributed by atoms with E-state index in [0.29, 0.717) is 12.5 Å². The van der Waals surface area contributed by atoms with Crippen molar-refractivity contribution in [3.05, 3.63) is 0 Å². The smallest absolute Gasteiger partial charge is 0.0636 e. The first kappa shape index (κ1) is 12.4. The van der Waals surface area contributed by atoms with E-state index in [1.165, 1.54) is 38.5 Å². The Kier molecular flexibility index (Phi) is 3.91. The molecule has 0 aliphatic heterocycles. The number of rotatable bonds is 3. The van der Waals surface area contributed by atoms with E-state index >= 15 is 0 Å². The highest BCUT2D eigenvalue weighted by molar-refractivity contribution is 4.95. The largest absolute Gasteiger partial charge is 0.392 e. The van der Waals surface area contributed by atoms with Gasteiger partial charge < -0.3 is 10.8 Å². The monoisotopic (exact) mass is 225 g/mol. The van der Waals surface area contributed by atoms with Gasteiger partial charge in [0.25, 0.3) is 0 Å². The molecule has 0 radical (unpaired) electrons. The molecule has 3 N–H and O–H groups in total. The van der Waals surface area contributed by atoms with Gasteiger partial charge in [0.2, 0.25) is 0 Å². The Labute approximate surface area is 99.6 Å². The molecule has 2 saturated carbocycles. The highest BCUT2D eigenvalue weighted by atomic mass is 16.3. The van der Waals surface area contributed by atoms with Crippen molar-refractivity contribution in [1.82, 2.24) is 0 Å². The molecule has 0 spiro atoms. The van der Waals surface area contributed by atoms with Crippen LogP contribution in [0.1, 0.15) is 58.3 Å². The van der Waals surface area contributed by atoms with Crippen LogP contribution in [0.5, 0.6) is 0 Å². The van der Waals surface area contributed by atoms with Crippen LogP contribution in [-0.2, 0) is 0 Å². The van der Waals surface area contributed by atoms with Crippen LogP contribution < -0.4 is 5.73 Å². The Balaban J connectivity index is 2.06. The molecule has 3 atom stereocenters. The van der Waals surface area contributed by atoms with Crippen molar-refractivity contribution >= 4 is 0 Å². The van der Waals surface area contributed by atoms with Crippen molar-refractivity contribution in [3.8, 4) is 0 Å². The molecule has 0 saturated heterocycles. The summed E-state index contributed by atoms with van der Waals surface area (Å²) in [5.74, 6) is 1.28. The third kappa shape index (κ3) is 2.28. The van der Waals surface area contributed by atoms with E-state index in [1.807, 2.05) is 0 Å². The Bertz CT molecular complexity index is 225. The zero-order valence-corrected chi connectivity index (χ0v) is 10.6. The zero-order chi connectivity index (χ0) is 11.6. The summed E-state index contributed by atoms with van der Waals surface area (Å²) in [6.07, 6.45) is 9.76. The maximum Gasteiger partial charge on any atom is 0.0636 e. The van der Waals surface area contributed by atoms with Gasteiger partial charge in [-0.15, -0.1) is 0 Å². The van der Waals surface area contributed by atoms with Gasteiger partial charge in [-0.3, -0.25) is 0 Å². The maximum absolute atomic E-state index is 10.7. The minimum absolute atomic E-state index is 0.0483. The zero-order valence-electron chi connectivity index (χ0n) is 10.6. The van der Waals surface area contributed by atoms with Crippen LogP contribution in [0.25, 0.3) is 0 Å². The van der Waals surface area contributed by atoms with Gasteiger partial charge in [0, 0.05) is 12.0 Å². The van der Waals surface area contributed by atoms with Gasteiger partial charge in [0.15, 0.2) is 0 Å². The van der Waals surface area contributed by atoms with Gasteiger partial charge in [-0.2, -0.15) is 0 Å². The number of hydrogen-bond acceptors (Lipinski definition) is 2. The molecule has 2 heteroatoms. The lowest BCUT2D eigenvalue weighted by molar-refractivity contribution is -0.0456. The van der Waals surface area contributed by atoms with Crippen LogP contribution in [0.3, 0.4) is 0 Å². The summed E-state index contributed by atoms with van der Waals surface area (Å²) in [7, 11) is 0. The minimum atomic E-state index is -0.136. The van der Waals surface area contributed by atoms with Crippen LogP contribution in [0, 0.1) is 17.3 Å². The molecule has 3 unspecified atom stereocenters. The fourth-order valence-corrected chi connectivity index (χ4v) is 4.05. The Hall–Kier alpha value is -0.0800. The fourth-order valence-electron chi connectivity index (χ4n) is 4.05. The van der Waals surface area contributed by atoms with E-state index in [2.05, 4.69) is 6.92 Å². The predicted molar refractivity (Wildman–Crippen MR) is 67.1 cm³/mol.